The summed E-state index contributed by atoms with van der Waals surface area (Å²) >= 11 is 0. The van der Waals surface area contributed by atoms with E-state index in [4.69, 9.17) is 5.11 Å². The number of nitrogens with zero attached hydrogens (tertiary/aromatic N) is 1. The molecule has 0 spiro atoms. The highest BCUT2D eigenvalue weighted by atomic mass is 16.5. The number of rotatable bonds is 3. The Morgan fingerprint density at radius 3 is 2.10 bits per heavy atom. The van der Waals surface area contributed by atoms with Crippen LogP contribution in [0.4, 0.5) is 0 Å². The van der Waals surface area contributed by atoms with E-state index in [0.29, 0.717) is 6.54 Å². The molecule has 0 aromatic heterocycles. The smallest absolute Gasteiger partial charge is 0.0572 e. The van der Waals surface area contributed by atoms with Gasteiger partial charge in [0.05, 0.1) is 6.61 Å². The standard InChI is InChI=1S/C6H15N2O2/c1-6(2,3)8(7-10)4-5-9/h7,9H,4-5H2,1-3H3/q-1. The Balaban J connectivity index is 3.81. The Labute approximate surface area is 61.4 Å². The predicted octanol–water partition coefficient (Wildman–Crippen LogP) is 0.0816. The lowest BCUT2D eigenvalue weighted by Crippen LogP contribution is -2.49. The minimum atomic E-state index is -0.232. The van der Waals surface area contributed by atoms with Gasteiger partial charge in [0.1, 0.15) is 0 Å². The molecule has 0 bridgehead atoms. The minimum Gasteiger partial charge on any atom is -0.774 e. The lowest BCUT2D eigenvalue weighted by molar-refractivity contribution is 0.0708. The van der Waals surface area contributed by atoms with Gasteiger partial charge in [-0.25, -0.2) is 5.01 Å². The number of β-amino-alcohol motifs (C(OH)–C–C–N with tert-alkyl or cyclic N) is 1. The van der Waals surface area contributed by atoms with E-state index in [9.17, 15) is 5.21 Å². The fraction of sp³-hybridized carbons (Fsp3) is 1.00. The van der Waals surface area contributed by atoms with E-state index in [1.807, 2.05) is 20.8 Å². The largest absolute Gasteiger partial charge is 0.774 e. The van der Waals surface area contributed by atoms with Gasteiger partial charge in [-0.3, -0.25) is 0 Å². The number of hydrogen-bond donors (Lipinski definition) is 2. The van der Waals surface area contributed by atoms with Gasteiger partial charge in [0, 0.05) is 12.1 Å². The van der Waals surface area contributed by atoms with Crippen LogP contribution < -0.4 is 5.59 Å². The zero-order chi connectivity index (χ0) is 8.20. The molecule has 0 aliphatic rings. The number of aliphatic hydroxyl groups excluding tert-OH is 1. The van der Waals surface area contributed by atoms with Crippen molar-refractivity contribution in [2.75, 3.05) is 13.2 Å². The van der Waals surface area contributed by atoms with Crippen LogP contribution in [0.25, 0.3) is 0 Å². The van der Waals surface area contributed by atoms with Gasteiger partial charge < -0.3 is 15.9 Å². The van der Waals surface area contributed by atoms with Gasteiger partial charge in [-0.15, -0.1) is 0 Å². The average Bonchev–Trinajstić information content (AvgIpc) is 1.80. The summed E-state index contributed by atoms with van der Waals surface area (Å²) in [7, 11) is 0. The van der Waals surface area contributed by atoms with Crippen LogP contribution in [0.5, 0.6) is 0 Å². The zero-order valence-electron chi connectivity index (χ0n) is 6.72. The molecule has 0 saturated carbocycles. The Hall–Kier alpha value is -0.160. The molecule has 0 heterocycles. The van der Waals surface area contributed by atoms with Gasteiger partial charge in [-0.05, 0) is 20.8 Å². The summed E-state index contributed by atoms with van der Waals surface area (Å²) in [5, 5.41) is 20.2. The molecule has 2 N–H and O–H groups in total. The minimum absolute atomic E-state index is 0.00743. The van der Waals surface area contributed by atoms with Gasteiger partial charge >= 0.3 is 0 Å². The highest BCUT2D eigenvalue weighted by Gasteiger charge is 2.16. The molecule has 0 fully saturated rings. The van der Waals surface area contributed by atoms with Crippen LogP contribution in [0.3, 0.4) is 0 Å². The lowest BCUT2D eigenvalue weighted by Gasteiger charge is -2.38. The third-order valence-electron chi connectivity index (χ3n) is 1.24. The first-order chi connectivity index (χ1) is 4.52. The first-order valence-corrected chi connectivity index (χ1v) is 3.28. The molecule has 4 heteroatoms. The first-order valence-electron chi connectivity index (χ1n) is 3.28. The topological polar surface area (TPSA) is 58.6 Å². The number of hydrogen-bond acceptors (Lipinski definition) is 4. The van der Waals surface area contributed by atoms with Gasteiger partial charge in [0.2, 0.25) is 0 Å². The van der Waals surface area contributed by atoms with E-state index in [0.717, 1.165) is 0 Å². The second-order valence-corrected chi connectivity index (χ2v) is 3.14. The van der Waals surface area contributed by atoms with Crippen molar-refractivity contribution in [2.24, 2.45) is 0 Å². The highest BCUT2D eigenvalue weighted by Crippen LogP contribution is 2.08. The molecule has 0 aromatic carbocycles. The molecular weight excluding hydrogens is 132 g/mol. The SMILES string of the molecule is CC(C)(C)N(CCO)N[O-]. The third-order valence-corrected chi connectivity index (χ3v) is 1.24. The Bertz CT molecular complexity index is 90.2. The van der Waals surface area contributed by atoms with E-state index in [2.05, 4.69) is 0 Å². The van der Waals surface area contributed by atoms with Gasteiger partial charge in [0.25, 0.3) is 0 Å². The molecule has 0 aromatic rings. The van der Waals surface area contributed by atoms with Gasteiger partial charge in [-0.2, -0.15) is 0 Å². The van der Waals surface area contributed by atoms with E-state index >= 15 is 0 Å². The Kier molecular flexibility index (Phi) is 3.81. The molecule has 0 aliphatic carbocycles. The number of nitrogens with one attached hydrogen (secondary N) is 1. The number of hydrazine groups is 1. The van der Waals surface area contributed by atoms with Crippen molar-refractivity contribution < 1.29 is 5.11 Å². The molecular formula is C6H15N2O2-. The maximum Gasteiger partial charge on any atom is 0.0572 e. The van der Waals surface area contributed by atoms with Crippen molar-refractivity contribution in [2.45, 2.75) is 26.3 Å². The molecule has 4 nitrogen and oxygen atoms in total. The van der Waals surface area contributed by atoms with Crippen molar-refractivity contribution in [3.05, 3.63) is 5.21 Å². The summed E-state index contributed by atoms with van der Waals surface area (Å²) in [5.74, 6) is 0. The maximum absolute atomic E-state index is 10.2. The average molecular weight is 147 g/mol. The van der Waals surface area contributed by atoms with Gasteiger partial charge in [-0.1, -0.05) is 0 Å². The zero-order valence-corrected chi connectivity index (χ0v) is 6.72. The van der Waals surface area contributed by atoms with Crippen molar-refractivity contribution in [1.29, 1.82) is 0 Å². The Morgan fingerprint density at radius 1 is 1.50 bits per heavy atom. The summed E-state index contributed by atoms with van der Waals surface area (Å²) in [4.78, 5) is 0. The van der Waals surface area contributed by atoms with Gasteiger partial charge in [0.15, 0.2) is 0 Å². The molecule has 0 radical (unpaired) electrons. The monoisotopic (exact) mass is 147 g/mol. The maximum atomic E-state index is 10.2. The summed E-state index contributed by atoms with van der Waals surface area (Å²) in [5.41, 5.74) is 1.53. The fourth-order valence-corrected chi connectivity index (χ4v) is 0.618. The van der Waals surface area contributed by atoms with Crippen molar-refractivity contribution in [1.82, 2.24) is 10.6 Å². The second-order valence-electron chi connectivity index (χ2n) is 3.14. The van der Waals surface area contributed by atoms with Crippen LogP contribution in [-0.2, 0) is 0 Å². The quantitative estimate of drug-likeness (QED) is 0.555. The molecule has 0 aliphatic heterocycles. The van der Waals surface area contributed by atoms with Crippen LogP contribution >= 0.6 is 0 Å². The van der Waals surface area contributed by atoms with Crippen LogP contribution in [0.15, 0.2) is 0 Å². The van der Waals surface area contributed by atoms with Crippen LogP contribution in [0.1, 0.15) is 20.8 Å². The van der Waals surface area contributed by atoms with Crippen molar-refractivity contribution in [3.8, 4) is 0 Å². The normalized spacial score (nSPS) is 12.6. The lowest BCUT2D eigenvalue weighted by atomic mass is 10.1. The fourth-order valence-electron chi connectivity index (χ4n) is 0.618. The molecule has 0 rings (SSSR count). The van der Waals surface area contributed by atoms with E-state index in [1.165, 1.54) is 5.01 Å². The predicted molar refractivity (Wildman–Crippen MR) is 40.0 cm³/mol. The molecule has 0 atom stereocenters. The summed E-state index contributed by atoms with van der Waals surface area (Å²) < 4.78 is 0. The second kappa shape index (κ2) is 3.88. The molecule has 62 valence electrons. The van der Waals surface area contributed by atoms with E-state index < -0.39 is 0 Å². The molecule has 0 amide bonds. The van der Waals surface area contributed by atoms with Crippen LogP contribution in [0, 0.1) is 5.21 Å². The molecule has 10 heavy (non-hydrogen) atoms. The van der Waals surface area contributed by atoms with E-state index in [1.54, 1.807) is 5.59 Å². The summed E-state index contributed by atoms with van der Waals surface area (Å²) in [6, 6.07) is 0. The van der Waals surface area contributed by atoms with Crippen molar-refractivity contribution >= 4 is 0 Å². The first kappa shape index (κ1) is 9.84. The summed E-state index contributed by atoms with van der Waals surface area (Å²) in [6.07, 6.45) is 0. The van der Waals surface area contributed by atoms with E-state index in [-0.39, 0.29) is 12.1 Å². The number of aliphatic hydroxyl groups is 1. The van der Waals surface area contributed by atoms with Crippen molar-refractivity contribution in [3.63, 3.8) is 0 Å². The van der Waals surface area contributed by atoms with Crippen LogP contribution in [0.2, 0.25) is 0 Å². The highest BCUT2D eigenvalue weighted by molar-refractivity contribution is 4.72. The summed E-state index contributed by atoms with van der Waals surface area (Å²) in [6.45, 7) is 6.04. The third kappa shape index (κ3) is 3.12. The Morgan fingerprint density at radius 2 is 2.00 bits per heavy atom. The molecule has 0 saturated heterocycles. The van der Waals surface area contributed by atoms with Crippen LogP contribution in [-0.4, -0.2) is 28.8 Å². The molecule has 0 unspecified atom stereocenters.